The van der Waals surface area contributed by atoms with Crippen LogP contribution in [0.25, 0.3) is 0 Å². The molecular weight excluding hydrogens is 109 g/mol. The third-order valence-corrected chi connectivity index (χ3v) is 0. The molecule has 4 heavy (non-hydrogen) atoms. The fraction of sp³-hybridized carbons (Fsp3) is 0. The van der Waals surface area contributed by atoms with Crippen molar-refractivity contribution >= 4 is 126 Å². The van der Waals surface area contributed by atoms with E-state index in [1.54, 1.807) is 0 Å². The fourth-order valence-corrected chi connectivity index (χ4v) is 0. The molecule has 0 rings (SSSR count). The predicted octanol–water partition coefficient (Wildman–Crippen LogP) is -2.86. The second-order valence-electron chi connectivity index (χ2n) is 0. The molecule has 0 saturated carbocycles. The van der Waals surface area contributed by atoms with Crippen LogP contribution in [0.3, 0.4) is 0 Å². The normalized spacial score (nSPS) is 0. The molecule has 0 saturated heterocycles. The summed E-state index contributed by atoms with van der Waals surface area (Å²) >= 11 is 0. The molecule has 0 aliphatic carbocycles. The van der Waals surface area contributed by atoms with Gasteiger partial charge in [-0.2, -0.15) is 0 Å². The molecule has 0 spiro atoms. The van der Waals surface area contributed by atoms with Gasteiger partial charge >= 0.3 is 126 Å². The molecule has 0 atom stereocenters. The van der Waals surface area contributed by atoms with E-state index >= 15 is 0 Å². The average Bonchev–Trinajstić information content (AvgIpc) is 0. The summed E-state index contributed by atoms with van der Waals surface area (Å²) in [5.41, 5.74) is 0. The second kappa shape index (κ2) is 15.7. The Morgan fingerprint density at radius 1 is 0.500 bits per heavy atom. The van der Waals surface area contributed by atoms with Crippen LogP contribution in [0.1, 0.15) is 0 Å². The first-order valence-electron chi connectivity index (χ1n) is 0. The summed E-state index contributed by atoms with van der Waals surface area (Å²) in [6.45, 7) is 0. The van der Waals surface area contributed by atoms with E-state index in [0.717, 1.165) is 0 Å². The van der Waals surface area contributed by atoms with Gasteiger partial charge in [0.25, 0.3) is 0 Å². The molecular formula is H5CaNa3. The van der Waals surface area contributed by atoms with Crippen LogP contribution in [-0.4, -0.2) is 126 Å². The molecule has 10 valence electrons. The van der Waals surface area contributed by atoms with Crippen molar-refractivity contribution in [1.29, 1.82) is 0 Å². The Kier molecular flexibility index (Phi) is 94.0. The van der Waals surface area contributed by atoms with E-state index in [-0.39, 0.29) is 126 Å². The molecule has 0 radical (unpaired) electrons. The van der Waals surface area contributed by atoms with Crippen LogP contribution in [0.4, 0.5) is 0 Å². The Hall–Kier alpha value is 4.26. The van der Waals surface area contributed by atoms with E-state index in [0.29, 0.717) is 0 Å². The Bertz CT molecular complexity index is 3.25. The van der Waals surface area contributed by atoms with Crippen LogP contribution in [0.2, 0.25) is 0 Å². The molecule has 0 aliphatic rings. The summed E-state index contributed by atoms with van der Waals surface area (Å²) in [5.74, 6) is 0. The van der Waals surface area contributed by atoms with E-state index in [4.69, 9.17) is 0 Å². The van der Waals surface area contributed by atoms with E-state index in [1.165, 1.54) is 0 Å². The molecule has 0 aromatic carbocycles. The first kappa shape index (κ1) is 24.0. The third kappa shape index (κ3) is 9.54. The Labute approximate surface area is 123 Å². The van der Waals surface area contributed by atoms with Crippen molar-refractivity contribution in [2.75, 3.05) is 0 Å². The zero-order valence-electron chi connectivity index (χ0n) is 0. The summed E-state index contributed by atoms with van der Waals surface area (Å²) in [6, 6.07) is 0. The second-order valence-corrected chi connectivity index (χ2v) is 0. The maximum atomic E-state index is 0. The molecule has 0 amide bonds. The molecule has 0 fully saturated rings. The van der Waals surface area contributed by atoms with Gasteiger partial charge in [-0.05, 0) is 0 Å². The Balaban J connectivity index is 0. The van der Waals surface area contributed by atoms with Crippen LogP contribution in [0.15, 0.2) is 0 Å². The Morgan fingerprint density at radius 2 is 0.500 bits per heavy atom. The SMILES string of the molecule is [CaH2].[NaH].[NaH].[NaH]. The van der Waals surface area contributed by atoms with Crippen LogP contribution in [0, 0.1) is 0 Å². The number of rotatable bonds is 0. The third-order valence-electron chi connectivity index (χ3n) is 0. The molecule has 0 aromatic rings. The average molecular weight is 114 g/mol. The van der Waals surface area contributed by atoms with E-state index < -0.39 is 0 Å². The van der Waals surface area contributed by atoms with Crippen LogP contribution >= 0.6 is 0 Å². The Morgan fingerprint density at radius 3 is 0.500 bits per heavy atom. The van der Waals surface area contributed by atoms with Crippen LogP contribution in [0.5, 0.6) is 0 Å². The number of hydrogen-bond donors (Lipinski definition) is 0. The summed E-state index contributed by atoms with van der Waals surface area (Å²) in [5, 5.41) is 0. The predicted molar refractivity (Wildman–Crippen MR) is 30.0 cm³/mol. The summed E-state index contributed by atoms with van der Waals surface area (Å²) < 4.78 is 0. The molecule has 0 N–H and O–H groups in total. The topological polar surface area (TPSA) is 0 Å². The summed E-state index contributed by atoms with van der Waals surface area (Å²) in [7, 11) is 0. The minimum absolute atomic E-state index is 0. The first-order valence-corrected chi connectivity index (χ1v) is 0. The zero-order valence-corrected chi connectivity index (χ0v) is 0. The van der Waals surface area contributed by atoms with E-state index in [2.05, 4.69) is 0 Å². The van der Waals surface area contributed by atoms with Crippen LogP contribution < -0.4 is 0 Å². The van der Waals surface area contributed by atoms with Gasteiger partial charge in [-0.25, -0.2) is 0 Å². The van der Waals surface area contributed by atoms with Gasteiger partial charge in [0.15, 0.2) is 0 Å². The molecule has 0 aliphatic heterocycles. The van der Waals surface area contributed by atoms with Crippen molar-refractivity contribution in [2.24, 2.45) is 0 Å². The molecule has 0 bridgehead atoms. The summed E-state index contributed by atoms with van der Waals surface area (Å²) in [6.07, 6.45) is 0. The van der Waals surface area contributed by atoms with Gasteiger partial charge in [0.05, 0.1) is 0 Å². The van der Waals surface area contributed by atoms with Crippen molar-refractivity contribution in [3.8, 4) is 0 Å². The van der Waals surface area contributed by atoms with Gasteiger partial charge < -0.3 is 0 Å². The number of hydrogen-bond acceptors (Lipinski definition) is 0. The quantitative estimate of drug-likeness (QED) is 0.297. The fourth-order valence-electron chi connectivity index (χ4n) is 0. The van der Waals surface area contributed by atoms with Crippen molar-refractivity contribution in [3.05, 3.63) is 0 Å². The van der Waals surface area contributed by atoms with Crippen molar-refractivity contribution < 1.29 is 0 Å². The van der Waals surface area contributed by atoms with Gasteiger partial charge in [0.2, 0.25) is 0 Å². The van der Waals surface area contributed by atoms with Gasteiger partial charge in [-0.3, -0.25) is 0 Å². The van der Waals surface area contributed by atoms with Crippen molar-refractivity contribution in [1.82, 2.24) is 0 Å². The van der Waals surface area contributed by atoms with E-state index in [9.17, 15) is 0 Å². The van der Waals surface area contributed by atoms with Gasteiger partial charge in [-0.15, -0.1) is 0 Å². The molecule has 0 unspecified atom stereocenters. The molecule has 0 nitrogen and oxygen atoms in total. The minimum atomic E-state index is 0. The van der Waals surface area contributed by atoms with Crippen molar-refractivity contribution in [2.45, 2.75) is 0 Å². The van der Waals surface area contributed by atoms with Crippen LogP contribution in [-0.2, 0) is 0 Å². The summed E-state index contributed by atoms with van der Waals surface area (Å²) in [4.78, 5) is 0. The molecule has 4 heteroatoms. The standard InChI is InChI=1S/Ca.3Na.5H. The first-order chi connectivity index (χ1) is 0. The van der Waals surface area contributed by atoms with Gasteiger partial charge in [-0.1, -0.05) is 0 Å². The van der Waals surface area contributed by atoms with Crippen molar-refractivity contribution in [3.63, 3.8) is 0 Å². The van der Waals surface area contributed by atoms with Gasteiger partial charge in [0.1, 0.15) is 0 Å². The molecule has 0 aromatic heterocycles. The van der Waals surface area contributed by atoms with Gasteiger partial charge in [0, 0.05) is 0 Å². The molecule has 0 heterocycles. The monoisotopic (exact) mass is 114 g/mol. The van der Waals surface area contributed by atoms with E-state index in [1.807, 2.05) is 0 Å². The zero-order chi connectivity index (χ0) is 0. The maximum absolute atomic E-state index is 0.